The second kappa shape index (κ2) is 5.96. The molecular weight excluding hydrogens is 368 g/mol. The number of nitrogens with zero attached hydrogens (tertiary/aromatic N) is 2. The van der Waals surface area contributed by atoms with Crippen molar-refractivity contribution in [3.63, 3.8) is 0 Å². The van der Waals surface area contributed by atoms with Crippen molar-refractivity contribution in [3.8, 4) is 0 Å². The first-order valence-corrected chi connectivity index (χ1v) is 9.67. The van der Waals surface area contributed by atoms with Crippen LogP contribution < -0.4 is 0 Å². The number of aromatic nitrogens is 2. The van der Waals surface area contributed by atoms with Crippen LogP contribution in [0.2, 0.25) is 0 Å². The minimum absolute atomic E-state index is 0.242. The summed E-state index contributed by atoms with van der Waals surface area (Å²) in [6, 6.07) is 0. The van der Waals surface area contributed by atoms with Gasteiger partial charge in [0.1, 0.15) is 30.7 Å². The standard InChI is InChI=1S/C15H22N2O8S/c1-14(2)20-7-9(22-14)10-11(12-13(21-10)24-15(3,4)23-12)25-26(18,19)17-6-5-16-8-17/h5-6,8-13H,7H2,1-4H3/t9-,10-,11+,12-,13-/m1/s1. The summed E-state index contributed by atoms with van der Waals surface area (Å²) in [5.74, 6) is -1.70. The number of hydrogen-bond acceptors (Lipinski definition) is 9. The number of imidazole rings is 1. The van der Waals surface area contributed by atoms with Crippen molar-refractivity contribution in [2.24, 2.45) is 0 Å². The highest BCUT2D eigenvalue weighted by Gasteiger charge is 2.60. The maximum atomic E-state index is 12.6. The van der Waals surface area contributed by atoms with Crippen LogP contribution in [0.15, 0.2) is 18.7 Å². The molecule has 3 aliphatic rings. The van der Waals surface area contributed by atoms with Gasteiger partial charge in [-0.15, -0.1) is 0 Å². The molecule has 0 unspecified atom stereocenters. The quantitative estimate of drug-likeness (QED) is 0.721. The Morgan fingerprint density at radius 2 is 1.88 bits per heavy atom. The summed E-state index contributed by atoms with van der Waals surface area (Å²) in [4.78, 5) is 3.74. The lowest BCUT2D eigenvalue weighted by Gasteiger charge is -2.28. The molecule has 0 bridgehead atoms. The maximum Gasteiger partial charge on any atom is 0.367 e. The summed E-state index contributed by atoms with van der Waals surface area (Å²) in [6.07, 6.45) is 0.0800. The molecule has 4 heterocycles. The van der Waals surface area contributed by atoms with Gasteiger partial charge in [0, 0.05) is 12.4 Å². The predicted molar refractivity (Wildman–Crippen MR) is 85.0 cm³/mol. The zero-order chi connectivity index (χ0) is 18.7. The molecule has 3 saturated heterocycles. The van der Waals surface area contributed by atoms with Crippen LogP contribution in [-0.4, -0.2) is 66.3 Å². The van der Waals surface area contributed by atoms with Gasteiger partial charge in [-0.25, -0.2) is 13.1 Å². The van der Waals surface area contributed by atoms with Gasteiger partial charge in [-0.3, -0.25) is 0 Å². The highest BCUT2D eigenvalue weighted by Crippen LogP contribution is 2.42. The third-order valence-electron chi connectivity index (χ3n) is 4.39. The molecule has 0 amide bonds. The second-order valence-corrected chi connectivity index (χ2v) is 8.82. The summed E-state index contributed by atoms with van der Waals surface area (Å²) in [5, 5.41) is 0. The Kier molecular flexibility index (Phi) is 4.19. The first kappa shape index (κ1) is 18.3. The molecule has 11 heteroatoms. The van der Waals surface area contributed by atoms with Crippen molar-refractivity contribution < 1.29 is 36.3 Å². The lowest BCUT2D eigenvalue weighted by Crippen LogP contribution is -2.45. The third kappa shape index (κ3) is 3.28. The lowest BCUT2D eigenvalue weighted by molar-refractivity contribution is -0.230. The summed E-state index contributed by atoms with van der Waals surface area (Å²) in [7, 11) is -4.13. The molecule has 0 radical (unpaired) electrons. The molecule has 4 rings (SSSR count). The first-order chi connectivity index (χ1) is 12.1. The summed E-state index contributed by atoms with van der Waals surface area (Å²) in [6.45, 7) is 7.24. The zero-order valence-electron chi connectivity index (χ0n) is 14.9. The van der Waals surface area contributed by atoms with Crippen LogP contribution in [0.4, 0.5) is 0 Å². The van der Waals surface area contributed by atoms with Gasteiger partial charge in [-0.1, -0.05) is 0 Å². The Bertz CT molecular complexity index is 763. The van der Waals surface area contributed by atoms with Crippen molar-refractivity contribution in [2.45, 2.75) is 70.0 Å². The van der Waals surface area contributed by atoms with Crippen molar-refractivity contribution in [3.05, 3.63) is 18.7 Å². The molecular formula is C15H22N2O8S. The van der Waals surface area contributed by atoms with E-state index in [9.17, 15) is 8.42 Å². The van der Waals surface area contributed by atoms with Gasteiger partial charge in [0.05, 0.1) is 6.61 Å². The van der Waals surface area contributed by atoms with Crippen molar-refractivity contribution >= 4 is 10.3 Å². The van der Waals surface area contributed by atoms with Crippen LogP contribution >= 0.6 is 0 Å². The van der Waals surface area contributed by atoms with E-state index < -0.39 is 52.6 Å². The van der Waals surface area contributed by atoms with Crippen LogP contribution in [-0.2, 0) is 38.2 Å². The fourth-order valence-corrected chi connectivity index (χ4v) is 4.33. The molecule has 0 aliphatic carbocycles. The largest absolute Gasteiger partial charge is 0.367 e. The van der Waals surface area contributed by atoms with Crippen LogP contribution in [0.5, 0.6) is 0 Å². The molecule has 5 atom stereocenters. The summed E-state index contributed by atoms with van der Waals surface area (Å²) < 4.78 is 60.3. The highest BCUT2D eigenvalue weighted by molar-refractivity contribution is 7.85. The van der Waals surface area contributed by atoms with E-state index in [1.54, 1.807) is 27.7 Å². The van der Waals surface area contributed by atoms with Crippen LogP contribution in [0.3, 0.4) is 0 Å². The monoisotopic (exact) mass is 390 g/mol. The molecule has 0 aromatic carbocycles. The van der Waals surface area contributed by atoms with Crippen LogP contribution in [0.25, 0.3) is 0 Å². The Balaban J connectivity index is 1.60. The average Bonchev–Trinajstić information content (AvgIpc) is 3.24. The maximum absolute atomic E-state index is 12.6. The molecule has 26 heavy (non-hydrogen) atoms. The minimum atomic E-state index is -4.13. The van der Waals surface area contributed by atoms with E-state index in [1.807, 2.05) is 0 Å². The number of fused-ring (bicyclic) bond motifs is 1. The normalized spacial score (nSPS) is 38.5. The molecule has 1 aromatic rings. The van der Waals surface area contributed by atoms with E-state index >= 15 is 0 Å². The fraction of sp³-hybridized carbons (Fsp3) is 0.800. The van der Waals surface area contributed by atoms with Gasteiger partial charge in [0.25, 0.3) is 0 Å². The molecule has 1 aromatic heterocycles. The van der Waals surface area contributed by atoms with Gasteiger partial charge in [-0.2, -0.15) is 8.42 Å². The van der Waals surface area contributed by atoms with E-state index in [2.05, 4.69) is 4.98 Å². The van der Waals surface area contributed by atoms with Crippen molar-refractivity contribution in [1.29, 1.82) is 0 Å². The van der Waals surface area contributed by atoms with Gasteiger partial charge in [0.15, 0.2) is 17.9 Å². The first-order valence-electron chi connectivity index (χ1n) is 8.31. The summed E-state index contributed by atoms with van der Waals surface area (Å²) >= 11 is 0. The van der Waals surface area contributed by atoms with Gasteiger partial charge in [-0.05, 0) is 27.7 Å². The fourth-order valence-electron chi connectivity index (χ4n) is 3.36. The molecule has 10 nitrogen and oxygen atoms in total. The third-order valence-corrected chi connectivity index (χ3v) is 5.59. The predicted octanol–water partition coefficient (Wildman–Crippen LogP) is 0.389. The molecule has 146 valence electrons. The molecule has 3 aliphatic heterocycles. The van der Waals surface area contributed by atoms with Crippen molar-refractivity contribution in [2.75, 3.05) is 6.61 Å². The average molecular weight is 390 g/mol. The molecule has 0 saturated carbocycles. The lowest BCUT2D eigenvalue weighted by atomic mass is 10.1. The van der Waals surface area contributed by atoms with E-state index in [1.165, 1.54) is 12.4 Å². The number of ether oxygens (including phenoxy) is 5. The Hall–Kier alpha value is -1.08. The molecule has 0 N–H and O–H groups in total. The number of rotatable bonds is 4. The van der Waals surface area contributed by atoms with Gasteiger partial charge in [0.2, 0.25) is 0 Å². The van der Waals surface area contributed by atoms with Gasteiger partial charge < -0.3 is 23.7 Å². The molecule has 0 spiro atoms. The Morgan fingerprint density at radius 1 is 1.12 bits per heavy atom. The van der Waals surface area contributed by atoms with Crippen LogP contribution in [0.1, 0.15) is 27.7 Å². The zero-order valence-corrected chi connectivity index (χ0v) is 15.7. The SMILES string of the molecule is CC1(C)O[C@H]2O[C@H]([C@H]3COC(C)(C)O3)[C@H](OS(=O)(=O)n3ccnc3)[C@H]2O1. The minimum Gasteiger partial charge on any atom is -0.348 e. The van der Waals surface area contributed by atoms with E-state index in [0.29, 0.717) is 0 Å². The Labute approximate surface area is 151 Å². The topological polar surface area (TPSA) is 107 Å². The van der Waals surface area contributed by atoms with E-state index in [-0.39, 0.29) is 6.61 Å². The highest BCUT2D eigenvalue weighted by atomic mass is 32.2. The Morgan fingerprint density at radius 3 is 2.50 bits per heavy atom. The van der Waals surface area contributed by atoms with E-state index in [0.717, 1.165) is 10.3 Å². The van der Waals surface area contributed by atoms with E-state index in [4.69, 9.17) is 27.9 Å². The number of hydrogen-bond donors (Lipinski definition) is 0. The molecule has 3 fully saturated rings. The summed E-state index contributed by atoms with van der Waals surface area (Å²) in [5.41, 5.74) is 0. The van der Waals surface area contributed by atoms with Crippen LogP contribution in [0, 0.1) is 0 Å². The van der Waals surface area contributed by atoms with Gasteiger partial charge >= 0.3 is 10.3 Å². The second-order valence-electron chi connectivity index (χ2n) is 7.35. The van der Waals surface area contributed by atoms with Crippen molar-refractivity contribution in [1.82, 2.24) is 8.96 Å². The smallest absolute Gasteiger partial charge is 0.348 e.